The lowest BCUT2D eigenvalue weighted by Gasteiger charge is -2.16. The van der Waals surface area contributed by atoms with Crippen molar-refractivity contribution in [3.05, 3.63) is 72.8 Å². The molecule has 0 saturated heterocycles. The van der Waals surface area contributed by atoms with Crippen LogP contribution < -0.4 is 10.6 Å². The average Bonchev–Trinajstić information content (AvgIpc) is 2.66. The number of anilines is 4. The summed E-state index contributed by atoms with van der Waals surface area (Å²) in [7, 11) is 0. The summed E-state index contributed by atoms with van der Waals surface area (Å²) >= 11 is 0. The van der Waals surface area contributed by atoms with Gasteiger partial charge >= 0.3 is 0 Å². The van der Waals surface area contributed by atoms with Crippen LogP contribution in [0.4, 0.5) is 34.1 Å². The highest BCUT2D eigenvalue weighted by molar-refractivity contribution is 5.92. The quantitative estimate of drug-likeness (QED) is 0.444. The van der Waals surface area contributed by atoms with Gasteiger partial charge in [0.05, 0.1) is 22.7 Å². The van der Waals surface area contributed by atoms with Gasteiger partial charge in [0.25, 0.3) is 0 Å². The maximum absolute atomic E-state index is 4.74. The third kappa shape index (κ3) is 5.30. The Morgan fingerprint density at radius 3 is 1.25 bits per heavy atom. The number of hydrogen-bond donors (Lipinski definition) is 2. The molecule has 0 bridgehead atoms. The summed E-state index contributed by atoms with van der Waals surface area (Å²) in [5, 5.41) is 6.96. The van der Waals surface area contributed by atoms with Crippen molar-refractivity contribution in [3.8, 4) is 0 Å². The van der Waals surface area contributed by atoms with E-state index in [0.29, 0.717) is 0 Å². The number of para-hydroxylation sites is 2. The fourth-order valence-corrected chi connectivity index (χ4v) is 2.80. The molecule has 4 heteroatoms. The second kappa shape index (κ2) is 9.00. The lowest BCUT2D eigenvalue weighted by molar-refractivity contribution is 1.40. The Hall–Kier alpha value is -3.40. The normalized spacial score (nSPS) is 10.1. The smallest absolute Gasteiger partial charge is 0.0885 e. The van der Waals surface area contributed by atoms with Gasteiger partial charge in [0.2, 0.25) is 0 Å². The standard InChI is InChI=1S/C24H26N4/c1-17(2)25-21-15-24(28-20-13-9-6-10-14-20)22(26-18(3)4)16-23(21)27-19-11-7-5-8-12-19/h5-16,27-28H,1-4H3. The Morgan fingerprint density at radius 1 is 0.571 bits per heavy atom. The Kier molecular flexibility index (Phi) is 6.22. The molecule has 0 fully saturated rings. The van der Waals surface area contributed by atoms with Crippen LogP contribution in [0.2, 0.25) is 0 Å². The summed E-state index contributed by atoms with van der Waals surface area (Å²) in [5.41, 5.74) is 7.59. The van der Waals surface area contributed by atoms with Crippen molar-refractivity contribution in [1.29, 1.82) is 0 Å². The average molecular weight is 371 g/mol. The van der Waals surface area contributed by atoms with Gasteiger partial charge in [-0.3, -0.25) is 9.98 Å². The number of benzene rings is 3. The van der Waals surface area contributed by atoms with Gasteiger partial charge in [0, 0.05) is 22.8 Å². The van der Waals surface area contributed by atoms with Crippen molar-refractivity contribution in [2.45, 2.75) is 27.7 Å². The van der Waals surface area contributed by atoms with E-state index in [0.717, 1.165) is 45.5 Å². The van der Waals surface area contributed by atoms with E-state index in [4.69, 9.17) is 9.98 Å². The van der Waals surface area contributed by atoms with E-state index < -0.39 is 0 Å². The zero-order valence-electron chi connectivity index (χ0n) is 16.8. The molecule has 3 rings (SSSR count). The van der Waals surface area contributed by atoms with E-state index >= 15 is 0 Å². The zero-order chi connectivity index (χ0) is 19.9. The van der Waals surface area contributed by atoms with E-state index in [-0.39, 0.29) is 0 Å². The predicted molar refractivity (Wildman–Crippen MR) is 123 cm³/mol. The van der Waals surface area contributed by atoms with Gasteiger partial charge in [-0.05, 0) is 64.1 Å². The van der Waals surface area contributed by atoms with E-state index in [1.807, 2.05) is 100 Å². The molecule has 0 aliphatic carbocycles. The minimum absolute atomic E-state index is 0.870. The Labute approximate surface area is 167 Å². The van der Waals surface area contributed by atoms with Crippen molar-refractivity contribution < 1.29 is 0 Å². The van der Waals surface area contributed by atoms with Gasteiger partial charge in [-0.2, -0.15) is 0 Å². The van der Waals surface area contributed by atoms with Gasteiger partial charge in [-0.15, -0.1) is 0 Å². The Bertz CT molecular complexity index is 899. The molecule has 142 valence electrons. The number of nitrogens with one attached hydrogen (secondary N) is 2. The van der Waals surface area contributed by atoms with Crippen molar-refractivity contribution in [1.82, 2.24) is 0 Å². The largest absolute Gasteiger partial charge is 0.354 e. The molecule has 3 aromatic carbocycles. The molecule has 4 nitrogen and oxygen atoms in total. The van der Waals surface area contributed by atoms with Crippen molar-refractivity contribution in [3.63, 3.8) is 0 Å². The van der Waals surface area contributed by atoms with Crippen LogP contribution in [0.5, 0.6) is 0 Å². The molecule has 0 unspecified atom stereocenters. The van der Waals surface area contributed by atoms with E-state index in [9.17, 15) is 0 Å². The molecule has 0 saturated carbocycles. The number of aliphatic imine (C=N–C) groups is 2. The van der Waals surface area contributed by atoms with Crippen LogP contribution in [-0.4, -0.2) is 11.4 Å². The minimum Gasteiger partial charge on any atom is -0.354 e. The summed E-state index contributed by atoms with van der Waals surface area (Å²) in [6.07, 6.45) is 0. The highest BCUT2D eigenvalue weighted by Crippen LogP contribution is 2.39. The summed E-state index contributed by atoms with van der Waals surface area (Å²) in [6.45, 7) is 8.00. The first kappa shape index (κ1) is 19.4. The SMILES string of the molecule is CC(C)=Nc1cc(Nc2ccccc2)c(N=C(C)C)cc1Nc1ccccc1. The topological polar surface area (TPSA) is 48.8 Å². The molecule has 0 heterocycles. The number of rotatable bonds is 6. The van der Waals surface area contributed by atoms with Crippen LogP contribution in [0.25, 0.3) is 0 Å². The molecule has 0 amide bonds. The lowest BCUT2D eigenvalue weighted by Crippen LogP contribution is -1.96. The maximum atomic E-state index is 4.74. The molecule has 0 spiro atoms. The molecule has 28 heavy (non-hydrogen) atoms. The molecule has 3 aromatic rings. The third-order valence-corrected chi connectivity index (χ3v) is 3.91. The molecule has 2 N–H and O–H groups in total. The fourth-order valence-electron chi connectivity index (χ4n) is 2.80. The summed E-state index contributed by atoms with van der Waals surface area (Å²) in [4.78, 5) is 9.49. The molecule has 0 atom stereocenters. The fraction of sp³-hybridized carbons (Fsp3) is 0.167. The monoisotopic (exact) mass is 370 g/mol. The first-order valence-corrected chi connectivity index (χ1v) is 9.37. The Balaban J connectivity index is 2.10. The number of hydrogen-bond acceptors (Lipinski definition) is 4. The highest BCUT2D eigenvalue weighted by atomic mass is 15.0. The van der Waals surface area contributed by atoms with Gasteiger partial charge in [-0.25, -0.2) is 0 Å². The number of nitrogens with zero attached hydrogens (tertiary/aromatic N) is 2. The van der Waals surface area contributed by atoms with Crippen LogP contribution in [0.15, 0.2) is 82.8 Å². The first-order chi connectivity index (χ1) is 13.5. The van der Waals surface area contributed by atoms with Gasteiger partial charge in [0.15, 0.2) is 0 Å². The first-order valence-electron chi connectivity index (χ1n) is 9.37. The van der Waals surface area contributed by atoms with E-state index in [1.54, 1.807) is 0 Å². The van der Waals surface area contributed by atoms with Crippen molar-refractivity contribution in [2.75, 3.05) is 10.6 Å². The van der Waals surface area contributed by atoms with Crippen LogP contribution in [-0.2, 0) is 0 Å². The zero-order valence-corrected chi connectivity index (χ0v) is 16.8. The molecule has 0 aromatic heterocycles. The molecular weight excluding hydrogens is 344 g/mol. The summed E-state index contributed by atoms with van der Waals surface area (Å²) in [5.74, 6) is 0. The molecule has 0 radical (unpaired) electrons. The van der Waals surface area contributed by atoms with Crippen LogP contribution >= 0.6 is 0 Å². The Morgan fingerprint density at radius 2 is 0.929 bits per heavy atom. The third-order valence-electron chi connectivity index (χ3n) is 3.91. The maximum Gasteiger partial charge on any atom is 0.0885 e. The van der Waals surface area contributed by atoms with Gasteiger partial charge < -0.3 is 10.6 Å². The second-order valence-corrected chi connectivity index (χ2v) is 6.99. The lowest BCUT2D eigenvalue weighted by atomic mass is 10.1. The van der Waals surface area contributed by atoms with Crippen molar-refractivity contribution >= 4 is 45.5 Å². The molecule has 0 aliphatic heterocycles. The summed E-state index contributed by atoms with van der Waals surface area (Å²) < 4.78 is 0. The van der Waals surface area contributed by atoms with E-state index in [2.05, 4.69) is 10.6 Å². The molecule has 0 aliphatic rings. The predicted octanol–water partition coefficient (Wildman–Crippen LogP) is 7.40. The highest BCUT2D eigenvalue weighted by Gasteiger charge is 2.11. The second-order valence-electron chi connectivity index (χ2n) is 6.99. The van der Waals surface area contributed by atoms with Crippen molar-refractivity contribution in [2.24, 2.45) is 9.98 Å². The van der Waals surface area contributed by atoms with Gasteiger partial charge in [0.1, 0.15) is 0 Å². The van der Waals surface area contributed by atoms with Crippen LogP contribution in [0.1, 0.15) is 27.7 Å². The van der Waals surface area contributed by atoms with Crippen LogP contribution in [0, 0.1) is 0 Å². The van der Waals surface area contributed by atoms with Gasteiger partial charge in [-0.1, -0.05) is 36.4 Å². The molecular formula is C24H26N4. The van der Waals surface area contributed by atoms with Crippen LogP contribution in [0.3, 0.4) is 0 Å². The summed E-state index contributed by atoms with van der Waals surface area (Å²) in [6, 6.07) is 24.3. The minimum atomic E-state index is 0.870. The van der Waals surface area contributed by atoms with E-state index in [1.165, 1.54) is 0 Å².